The van der Waals surface area contributed by atoms with Gasteiger partial charge in [-0.3, -0.25) is 19.2 Å². The smallest absolute Gasteiger partial charge is 0.254 e. The van der Waals surface area contributed by atoms with Gasteiger partial charge >= 0.3 is 0 Å². The molecule has 3 atom stereocenters. The summed E-state index contributed by atoms with van der Waals surface area (Å²) in [5.74, 6) is 1.48. The number of anilines is 1. The maximum absolute atomic E-state index is 13.6. The zero-order chi connectivity index (χ0) is 30.6. The molecule has 9 heteroatoms. The molecule has 0 radical (unpaired) electrons. The highest BCUT2D eigenvalue weighted by molar-refractivity contribution is 5.94. The predicted octanol–water partition coefficient (Wildman–Crippen LogP) is 5.57. The number of aliphatic hydroxyl groups is 1. The first kappa shape index (κ1) is 30.3. The number of aromatic nitrogens is 3. The molecule has 0 aliphatic heterocycles. The van der Waals surface area contributed by atoms with Crippen LogP contribution < -0.4 is 15.0 Å². The van der Waals surface area contributed by atoms with Crippen molar-refractivity contribution in [1.29, 1.82) is 0 Å². The fraction of sp³-hybridized carbons (Fsp3) is 0.543. The number of carbonyl (C=O) groups is 2. The number of benzene rings is 1. The highest BCUT2D eigenvalue weighted by Gasteiger charge is 2.39. The van der Waals surface area contributed by atoms with Crippen molar-refractivity contribution in [3.8, 4) is 16.9 Å². The highest BCUT2D eigenvalue weighted by atomic mass is 16.5. The Labute approximate surface area is 260 Å². The van der Waals surface area contributed by atoms with Gasteiger partial charge in [0.05, 0.1) is 19.3 Å². The molecule has 0 bridgehead atoms. The lowest BCUT2D eigenvalue weighted by Gasteiger charge is -2.42. The van der Waals surface area contributed by atoms with Crippen LogP contribution in [0.2, 0.25) is 0 Å². The summed E-state index contributed by atoms with van der Waals surface area (Å²) in [4.78, 5) is 33.0. The number of hydrogen-bond acceptors (Lipinski definition) is 6. The lowest BCUT2D eigenvalue weighted by atomic mass is 9.74. The van der Waals surface area contributed by atoms with Gasteiger partial charge in [0.25, 0.3) is 5.91 Å². The average Bonchev–Trinajstić information content (AvgIpc) is 3.80. The third-order valence-corrected chi connectivity index (χ3v) is 9.90. The Bertz CT molecular complexity index is 1460. The first-order valence-corrected chi connectivity index (χ1v) is 16.3. The Hall–Kier alpha value is -3.72. The van der Waals surface area contributed by atoms with Gasteiger partial charge in [-0.1, -0.05) is 31.4 Å². The number of methoxy groups -OCH3 is 1. The Kier molecular flexibility index (Phi) is 9.31. The normalized spacial score (nSPS) is 22.4. The number of ether oxygens (including phenoxy) is 1. The molecule has 44 heavy (non-hydrogen) atoms. The molecule has 2 amide bonds. The van der Waals surface area contributed by atoms with Crippen LogP contribution in [0.3, 0.4) is 0 Å². The van der Waals surface area contributed by atoms with E-state index in [-0.39, 0.29) is 35.6 Å². The lowest BCUT2D eigenvalue weighted by Crippen LogP contribution is -2.50. The molecule has 2 aromatic heterocycles. The number of rotatable bonds is 10. The van der Waals surface area contributed by atoms with E-state index in [1.165, 1.54) is 6.42 Å². The van der Waals surface area contributed by atoms with E-state index in [9.17, 15) is 14.7 Å². The molecule has 3 unspecified atom stereocenters. The van der Waals surface area contributed by atoms with Crippen molar-refractivity contribution in [2.24, 2.45) is 11.8 Å². The third kappa shape index (κ3) is 6.67. The fourth-order valence-electron chi connectivity index (χ4n) is 7.29. The summed E-state index contributed by atoms with van der Waals surface area (Å²) < 4.78 is 7.54. The van der Waals surface area contributed by atoms with Gasteiger partial charge < -0.3 is 15.2 Å². The summed E-state index contributed by atoms with van der Waals surface area (Å²) in [5, 5.41) is 18.0. The molecule has 3 saturated carbocycles. The van der Waals surface area contributed by atoms with Crippen molar-refractivity contribution in [2.45, 2.75) is 89.1 Å². The van der Waals surface area contributed by atoms with Gasteiger partial charge in [0, 0.05) is 42.4 Å². The molecule has 234 valence electrons. The molecule has 3 aromatic rings. The van der Waals surface area contributed by atoms with Crippen LogP contribution in [-0.2, 0) is 9.59 Å². The summed E-state index contributed by atoms with van der Waals surface area (Å²) in [6.07, 6.45) is 15.8. The number of nitrogens with one attached hydrogen (secondary N) is 1. The minimum atomic E-state index is -0.612. The molecule has 3 fully saturated rings. The fourth-order valence-corrected chi connectivity index (χ4v) is 7.29. The van der Waals surface area contributed by atoms with E-state index < -0.39 is 6.61 Å². The number of aliphatic hydroxyl groups excluding tert-OH is 1. The maximum Gasteiger partial charge on any atom is 0.254 e. The van der Waals surface area contributed by atoms with Gasteiger partial charge in [0.2, 0.25) is 5.91 Å². The molecule has 0 saturated heterocycles. The second kappa shape index (κ2) is 13.5. The van der Waals surface area contributed by atoms with Crippen molar-refractivity contribution in [1.82, 2.24) is 20.1 Å². The first-order chi connectivity index (χ1) is 21.4. The van der Waals surface area contributed by atoms with Crippen LogP contribution in [0.25, 0.3) is 11.1 Å². The zero-order valence-corrected chi connectivity index (χ0v) is 26.0. The van der Waals surface area contributed by atoms with Crippen LogP contribution in [0.4, 0.5) is 5.82 Å². The van der Waals surface area contributed by atoms with Crippen LogP contribution in [0.15, 0.2) is 48.9 Å². The van der Waals surface area contributed by atoms with E-state index >= 15 is 0 Å². The number of amides is 2. The van der Waals surface area contributed by atoms with Crippen LogP contribution >= 0.6 is 0 Å². The summed E-state index contributed by atoms with van der Waals surface area (Å²) in [6, 6.07) is 10.3. The van der Waals surface area contributed by atoms with Crippen LogP contribution in [0.1, 0.15) is 87.3 Å². The third-order valence-electron chi connectivity index (χ3n) is 9.90. The van der Waals surface area contributed by atoms with E-state index in [0.29, 0.717) is 24.8 Å². The molecular formula is C35H45N5O4. The van der Waals surface area contributed by atoms with Crippen molar-refractivity contribution < 1.29 is 19.4 Å². The number of nitrogens with zero attached hydrogens (tertiary/aromatic N) is 4. The summed E-state index contributed by atoms with van der Waals surface area (Å²) >= 11 is 0. The van der Waals surface area contributed by atoms with Gasteiger partial charge in [0.1, 0.15) is 18.2 Å². The molecule has 2 N–H and O–H groups in total. The van der Waals surface area contributed by atoms with Gasteiger partial charge in [-0.25, -0.2) is 4.98 Å². The topological polar surface area (TPSA) is 110 Å². The largest absolute Gasteiger partial charge is 0.496 e. The number of pyridine rings is 1. The van der Waals surface area contributed by atoms with Gasteiger partial charge in [-0.15, -0.1) is 0 Å². The van der Waals surface area contributed by atoms with Crippen LogP contribution in [0, 0.1) is 18.8 Å². The summed E-state index contributed by atoms with van der Waals surface area (Å²) in [6.45, 7) is 2.02. The number of hydrogen-bond donors (Lipinski definition) is 2. The molecule has 6 rings (SSSR count). The molecule has 2 heterocycles. The van der Waals surface area contributed by atoms with Gasteiger partial charge in [-0.05, 0) is 92.7 Å². The van der Waals surface area contributed by atoms with E-state index in [1.54, 1.807) is 18.2 Å². The highest BCUT2D eigenvalue weighted by Crippen LogP contribution is 2.42. The summed E-state index contributed by atoms with van der Waals surface area (Å²) in [5.41, 5.74) is 4.09. The van der Waals surface area contributed by atoms with Crippen molar-refractivity contribution in [2.75, 3.05) is 25.2 Å². The van der Waals surface area contributed by atoms with Crippen molar-refractivity contribution >= 4 is 17.6 Å². The Morgan fingerprint density at radius 3 is 2.59 bits per heavy atom. The number of carbonyl (C=O) groups excluding carboxylic acids is 2. The molecular weight excluding hydrogens is 554 g/mol. The predicted molar refractivity (Wildman–Crippen MR) is 169 cm³/mol. The zero-order valence-electron chi connectivity index (χ0n) is 26.0. The standard InChI is InChI=1S/C35H45N5O4/c1-23-16-27(9-13-32(23)44-2)30-12-8-24(19-37-35(43)25-6-4-3-5-7-25)17-31(30)40(34(42)22-41)33-18-26(14-15-36-33)28-20-38-39(21-28)29-10-11-29/h9,13-16,18,20-21,24-25,29-31,41H,3-8,10-12,17,19,22H2,1-2H3,(H,37,43). The molecule has 3 aliphatic rings. The van der Waals surface area contributed by atoms with Crippen LogP contribution in [-0.4, -0.2) is 58.0 Å². The lowest BCUT2D eigenvalue weighted by molar-refractivity contribution is -0.126. The Morgan fingerprint density at radius 1 is 1.05 bits per heavy atom. The quantitative estimate of drug-likeness (QED) is 0.315. The van der Waals surface area contributed by atoms with E-state index in [2.05, 4.69) is 33.7 Å². The SMILES string of the molecule is COc1ccc(C2CCC(CNC(=O)C3CCCCC3)CC2N(C(=O)CO)c2cc(-c3cnn(C4CC4)c3)ccn2)cc1C. The molecule has 9 nitrogen and oxygen atoms in total. The second-order valence-electron chi connectivity index (χ2n) is 12.9. The molecule has 0 spiro atoms. The molecule has 1 aromatic carbocycles. The van der Waals surface area contributed by atoms with Crippen molar-refractivity contribution in [3.63, 3.8) is 0 Å². The monoisotopic (exact) mass is 599 g/mol. The summed E-state index contributed by atoms with van der Waals surface area (Å²) in [7, 11) is 1.67. The minimum absolute atomic E-state index is 0.0310. The maximum atomic E-state index is 13.6. The second-order valence-corrected chi connectivity index (χ2v) is 12.9. The Morgan fingerprint density at radius 2 is 1.86 bits per heavy atom. The van der Waals surface area contributed by atoms with E-state index in [1.807, 2.05) is 36.0 Å². The first-order valence-electron chi connectivity index (χ1n) is 16.3. The van der Waals surface area contributed by atoms with E-state index in [0.717, 1.165) is 79.4 Å². The number of aryl methyl sites for hydroxylation is 1. The van der Waals surface area contributed by atoms with E-state index in [4.69, 9.17) is 4.74 Å². The van der Waals surface area contributed by atoms with Crippen LogP contribution in [0.5, 0.6) is 5.75 Å². The van der Waals surface area contributed by atoms with Gasteiger partial charge in [-0.2, -0.15) is 5.10 Å². The molecule has 3 aliphatic carbocycles. The Balaban J connectivity index is 1.30. The van der Waals surface area contributed by atoms with Crippen molar-refractivity contribution in [3.05, 3.63) is 60.0 Å². The van der Waals surface area contributed by atoms with Gasteiger partial charge in [0.15, 0.2) is 0 Å². The minimum Gasteiger partial charge on any atom is -0.496 e. The average molecular weight is 600 g/mol.